The topological polar surface area (TPSA) is 62.1 Å². The SMILES string of the molecule is C=CCc1cc(C=Nc2ccccc2O)cc(OCC)c1O. The summed E-state index contributed by atoms with van der Waals surface area (Å²) in [7, 11) is 0. The Hall–Kier alpha value is -2.75. The lowest BCUT2D eigenvalue weighted by atomic mass is 10.1. The molecule has 0 saturated heterocycles. The van der Waals surface area contributed by atoms with Gasteiger partial charge >= 0.3 is 0 Å². The van der Waals surface area contributed by atoms with Crippen LogP contribution in [0.15, 0.2) is 54.0 Å². The normalized spacial score (nSPS) is 10.8. The lowest BCUT2D eigenvalue weighted by molar-refractivity contribution is 0.317. The van der Waals surface area contributed by atoms with E-state index in [2.05, 4.69) is 11.6 Å². The molecule has 0 fully saturated rings. The predicted molar refractivity (Wildman–Crippen MR) is 88.5 cm³/mol. The second-order valence-electron chi connectivity index (χ2n) is 4.70. The first-order valence-electron chi connectivity index (χ1n) is 7.07. The minimum atomic E-state index is 0.119. The van der Waals surface area contributed by atoms with Crippen LogP contribution in [0.3, 0.4) is 0 Å². The fraction of sp³-hybridized carbons (Fsp3) is 0.167. The van der Waals surface area contributed by atoms with Gasteiger partial charge in [-0.2, -0.15) is 0 Å². The minimum absolute atomic E-state index is 0.119. The van der Waals surface area contributed by atoms with Crippen molar-refractivity contribution in [3.8, 4) is 17.2 Å². The number of hydrogen-bond donors (Lipinski definition) is 2. The summed E-state index contributed by atoms with van der Waals surface area (Å²) in [6, 6.07) is 10.4. The molecule has 0 aliphatic heterocycles. The van der Waals surface area contributed by atoms with Crippen molar-refractivity contribution in [3.05, 3.63) is 60.2 Å². The standard InChI is InChI=1S/C18H19NO3/c1-3-7-14-10-13(11-17(18(14)21)22-4-2)12-19-15-8-5-6-9-16(15)20/h3,5-6,8-12,20-21H,1,4,7H2,2H3. The number of nitrogens with zero attached hydrogens (tertiary/aromatic N) is 1. The summed E-state index contributed by atoms with van der Waals surface area (Å²) in [6.45, 7) is 6.00. The fourth-order valence-corrected chi connectivity index (χ4v) is 2.06. The van der Waals surface area contributed by atoms with E-state index in [9.17, 15) is 10.2 Å². The number of ether oxygens (including phenoxy) is 1. The van der Waals surface area contributed by atoms with Crippen LogP contribution in [0.2, 0.25) is 0 Å². The van der Waals surface area contributed by atoms with Crippen molar-refractivity contribution in [1.29, 1.82) is 0 Å². The molecule has 0 radical (unpaired) electrons. The summed E-state index contributed by atoms with van der Waals surface area (Å²) in [5.74, 6) is 0.663. The van der Waals surface area contributed by atoms with E-state index in [4.69, 9.17) is 4.74 Å². The van der Waals surface area contributed by atoms with Crippen LogP contribution >= 0.6 is 0 Å². The highest BCUT2D eigenvalue weighted by Gasteiger charge is 2.09. The Morgan fingerprint density at radius 1 is 1.23 bits per heavy atom. The molecule has 0 aliphatic carbocycles. The van der Waals surface area contributed by atoms with E-state index in [1.54, 1.807) is 42.6 Å². The first kappa shape index (κ1) is 15.6. The molecule has 0 aliphatic rings. The number of phenolic OH excluding ortho intramolecular Hbond substituents is 2. The maximum Gasteiger partial charge on any atom is 0.161 e. The van der Waals surface area contributed by atoms with Crippen LogP contribution in [0.5, 0.6) is 17.2 Å². The van der Waals surface area contributed by atoms with Crippen LogP contribution in [-0.4, -0.2) is 23.0 Å². The summed E-state index contributed by atoms with van der Waals surface area (Å²) < 4.78 is 5.44. The van der Waals surface area contributed by atoms with Gasteiger partial charge in [-0.15, -0.1) is 6.58 Å². The third kappa shape index (κ3) is 3.67. The predicted octanol–water partition coefficient (Wildman–Crippen LogP) is 3.98. The van der Waals surface area contributed by atoms with Gasteiger partial charge in [0.2, 0.25) is 0 Å². The molecule has 0 heterocycles. The van der Waals surface area contributed by atoms with Crippen molar-refractivity contribution in [2.24, 2.45) is 4.99 Å². The van der Waals surface area contributed by atoms with Crippen LogP contribution < -0.4 is 4.74 Å². The molecular weight excluding hydrogens is 278 g/mol. The number of benzene rings is 2. The van der Waals surface area contributed by atoms with E-state index in [0.717, 1.165) is 11.1 Å². The fourth-order valence-electron chi connectivity index (χ4n) is 2.06. The van der Waals surface area contributed by atoms with E-state index in [-0.39, 0.29) is 11.5 Å². The third-order valence-corrected chi connectivity index (χ3v) is 3.07. The van der Waals surface area contributed by atoms with E-state index in [1.807, 2.05) is 13.0 Å². The Morgan fingerprint density at radius 3 is 2.68 bits per heavy atom. The van der Waals surface area contributed by atoms with Crippen molar-refractivity contribution < 1.29 is 14.9 Å². The smallest absolute Gasteiger partial charge is 0.161 e. The number of hydrogen-bond acceptors (Lipinski definition) is 4. The van der Waals surface area contributed by atoms with E-state index >= 15 is 0 Å². The summed E-state index contributed by atoms with van der Waals surface area (Å²) in [5, 5.41) is 19.9. The largest absolute Gasteiger partial charge is 0.506 e. The number of aromatic hydroxyl groups is 2. The average Bonchev–Trinajstić information content (AvgIpc) is 2.51. The molecule has 2 rings (SSSR count). The monoisotopic (exact) mass is 297 g/mol. The highest BCUT2D eigenvalue weighted by atomic mass is 16.5. The van der Waals surface area contributed by atoms with Gasteiger partial charge < -0.3 is 14.9 Å². The van der Waals surface area contributed by atoms with Crippen LogP contribution in [0.25, 0.3) is 0 Å². The van der Waals surface area contributed by atoms with Gasteiger partial charge in [-0.05, 0) is 43.2 Å². The molecule has 0 aromatic heterocycles. The first-order valence-corrected chi connectivity index (χ1v) is 7.07. The molecule has 0 bridgehead atoms. The van der Waals surface area contributed by atoms with Crippen LogP contribution in [0.4, 0.5) is 5.69 Å². The zero-order valence-electron chi connectivity index (χ0n) is 12.5. The average molecular weight is 297 g/mol. The highest BCUT2D eigenvalue weighted by molar-refractivity contribution is 5.84. The van der Waals surface area contributed by atoms with Gasteiger partial charge in [0, 0.05) is 11.8 Å². The zero-order valence-corrected chi connectivity index (χ0v) is 12.5. The molecule has 22 heavy (non-hydrogen) atoms. The molecule has 0 spiro atoms. The van der Waals surface area contributed by atoms with Crippen molar-refractivity contribution >= 4 is 11.9 Å². The summed E-state index contributed by atoms with van der Waals surface area (Å²) in [6.07, 6.45) is 3.88. The van der Waals surface area contributed by atoms with Crippen molar-refractivity contribution in [1.82, 2.24) is 0 Å². The van der Waals surface area contributed by atoms with Gasteiger partial charge in [0.15, 0.2) is 11.5 Å². The van der Waals surface area contributed by atoms with Crippen molar-refractivity contribution in [2.75, 3.05) is 6.61 Å². The Morgan fingerprint density at radius 2 is 2.00 bits per heavy atom. The van der Waals surface area contributed by atoms with Crippen LogP contribution in [0, 0.1) is 0 Å². The number of rotatable bonds is 6. The van der Waals surface area contributed by atoms with Gasteiger partial charge in [-0.25, -0.2) is 0 Å². The summed E-state index contributed by atoms with van der Waals surface area (Å²) in [4.78, 5) is 4.27. The first-order chi connectivity index (χ1) is 10.7. The number of para-hydroxylation sites is 2. The lowest BCUT2D eigenvalue weighted by Gasteiger charge is -2.10. The third-order valence-electron chi connectivity index (χ3n) is 3.07. The highest BCUT2D eigenvalue weighted by Crippen LogP contribution is 2.32. The second kappa shape index (κ2) is 7.31. The van der Waals surface area contributed by atoms with Gasteiger partial charge in [0.05, 0.1) is 6.61 Å². The molecule has 2 aromatic carbocycles. The molecule has 0 saturated carbocycles. The van der Waals surface area contributed by atoms with Crippen LogP contribution in [0.1, 0.15) is 18.1 Å². The van der Waals surface area contributed by atoms with Crippen molar-refractivity contribution in [2.45, 2.75) is 13.3 Å². The Bertz CT molecular complexity index is 693. The maximum absolute atomic E-state index is 10.1. The second-order valence-corrected chi connectivity index (χ2v) is 4.70. The Kier molecular flexibility index (Phi) is 5.20. The van der Waals surface area contributed by atoms with Gasteiger partial charge in [0.1, 0.15) is 11.4 Å². The summed E-state index contributed by atoms with van der Waals surface area (Å²) >= 11 is 0. The molecule has 0 atom stereocenters. The molecule has 114 valence electrons. The quantitative estimate of drug-likeness (QED) is 0.626. The Labute approximate surface area is 130 Å². The zero-order chi connectivity index (χ0) is 15.9. The lowest BCUT2D eigenvalue weighted by Crippen LogP contribution is -1.96. The molecule has 4 nitrogen and oxygen atoms in total. The van der Waals surface area contributed by atoms with Gasteiger partial charge in [0.25, 0.3) is 0 Å². The van der Waals surface area contributed by atoms with E-state index in [1.165, 1.54) is 0 Å². The number of aliphatic imine (C=N–C) groups is 1. The van der Waals surface area contributed by atoms with Crippen molar-refractivity contribution in [3.63, 3.8) is 0 Å². The molecular formula is C18H19NO3. The van der Waals surface area contributed by atoms with Crippen LogP contribution in [-0.2, 0) is 6.42 Å². The van der Waals surface area contributed by atoms with E-state index in [0.29, 0.717) is 24.5 Å². The maximum atomic E-state index is 10.1. The number of phenols is 2. The minimum Gasteiger partial charge on any atom is -0.506 e. The summed E-state index contributed by atoms with van der Waals surface area (Å²) in [5.41, 5.74) is 1.99. The van der Waals surface area contributed by atoms with Gasteiger partial charge in [-0.3, -0.25) is 4.99 Å². The molecule has 0 unspecified atom stereocenters. The van der Waals surface area contributed by atoms with E-state index < -0.39 is 0 Å². The Balaban J connectivity index is 2.38. The van der Waals surface area contributed by atoms with Gasteiger partial charge in [-0.1, -0.05) is 18.2 Å². The molecule has 4 heteroatoms. The molecule has 2 aromatic rings. The molecule has 0 amide bonds. The number of allylic oxidation sites excluding steroid dienone is 1. The molecule has 2 N–H and O–H groups in total.